The number of hydrogen-bond donors (Lipinski definition) is 0. The fourth-order valence-electron chi connectivity index (χ4n) is 1.36. The monoisotopic (exact) mass is 180 g/mol. The normalized spacial score (nSPS) is 20.9. The molecule has 0 radical (unpaired) electrons. The van der Waals surface area contributed by atoms with Gasteiger partial charge in [-0.3, -0.25) is 0 Å². The van der Waals surface area contributed by atoms with Gasteiger partial charge in [-0.05, 0) is 11.1 Å². The van der Waals surface area contributed by atoms with Crippen molar-refractivity contribution in [1.82, 2.24) is 0 Å². The van der Waals surface area contributed by atoms with Crippen LogP contribution in [-0.2, 0) is 11.3 Å². The van der Waals surface area contributed by atoms with Crippen LogP contribution in [0.5, 0.6) is 0 Å². The van der Waals surface area contributed by atoms with E-state index in [2.05, 4.69) is 24.3 Å². The second-order valence-corrected chi connectivity index (χ2v) is 4.19. The highest BCUT2D eigenvalue weighted by Gasteiger charge is 2.26. The molecule has 0 aromatic heterocycles. The summed E-state index contributed by atoms with van der Waals surface area (Å²) in [7, 11) is 1.75. The number of benzene rings is 1. The van der Waals surface area contributed by atoms with Gasteiger partial charge >= 0.3 is 0 Å². The lowest BCUT2D eigenvalue weighted by Crippen LogP contribution is -1.93. The Morgan fingerprint density at radius 1 is 1.50 bits per heavy atom. The van der Waals surface area contributed by atoms with E-state index in [1.165, 1.54) is 16.9 Å². The first-order valence-corrected chi connectivity index (χ1v) is 5.15. The molecule has 2 rings (SSSR count). The Morgan fingerprint density at radius 2 is 2.25 bits per heavy atom. The molecule has 0 aliphatic carbocycles. The smallest absolute Gasteiger partial charge is 0.0716 e. The van der Waals surface area contributed by atoms with Crippen LogP contribution in [0.15, 0.2) is 24.3 Å². The van der Waals surface area contributed by atoms with Crippen LogP contribution in [0.1, 0.15) is 16.4 Å². The van der Waals surface area contributed by atoms with Crippen LogP contribution in [0.4, 0.5) is 0 Å². The minimum absolute atomic E-state index is 0.743. The molecular formula is C10H12OS. The average Bonchev–Trinajstić information content (AvgIpc) is 2.89. The Hall–Kier alpha value is -0.470. The quantitative estimate of drug-likeness (QED) is 0.661. The standard InChI is InChI=1S/C10H12OS/c1-11-6-8-4-2-3-5-9(8)10-7-12-10/h2-5,10H,6-7H2,1H3. The van der Waals surface area contributed by atoms with Crippen molar-refractivity contribution in [2.24, 2.45) is 0 Å². The molecule has 1 aliphatic rings. The van der Waals surface area contributed by atoms with Gasteiger partial charge in [0, 0.05) is 18.1 Å². The molecule has 12 heavy (non-hydrogen) atoms. The molecule has 0 saturated carbocycles. The van der Waals surface area contributed by atoms with Crippen LogP contribution in [0.2, 0.25) is 0 Å². The second-order valence-electron chi connectivity index (χ2n) is 2.95. The summed E-state index contributed by atoms with van der Waals surface area (Å²) in [5.74, 6) is 1.28. The largest absolute Gasteiger partial charge is 0.380 e. The van der Waals surface area contributed by atoms with Gasteiger partial charge in [-0.2, -0.15) is 11.8 Å². The van der Waals surface area contributed by atoms with E-state index in [0.717, 1.165) is 11.9 Å². The van der Waals surface area contributed by atoms with Crippen molar-refractivity contribution in [2.45, 2.75) is 11.9 Å². The maximum absolute atomic E-state index is 5.14. The number of methoxy groups -OCH3 is 1. The Morgan fingerprint density at radius 3 is 2.92 bits per heavy atom. The van der Waals surface area contributed by atoms with Crippen LogP contribution in [-0.4, -0.2) is 12.9 Å². The maximum Gasteiger partial charge on any atom is 0.0716 e. The van der Waals surface area contributed by atoms with Gasteiger partial charge in [-0.1, -0.05) is 24.3 Å². The lowest BCUT2D eigenvalue weighted by atomic mass is 10.1. The molecule has 1 nitrogen and oxygen atoms in total. The van der Waals surface area contributed by atoms with Gasteiger partial charge in [0.25, 0.3) is 0 Å². The second kappa shape index (κ2) is 3.50. The first-order chi connectivity index (χ1) is 5.92. The number of rotatable bonds is 3. The van der Waals surface area contributed by atoms with Crippen LogP contribution in [0, 0.1) is 0 Å². The molecule has 0 bridgehead atoms. The SMILES string of the molecule is COCc1ccccc1C1CS1. The van der Waals surface area contributed by atoms with E-state index >= 15 is 0 Å². The van der Waals surface area contributed by atoms with Crippen molar-refractivity contribution in [3.05, 3.63) is 35.4 Å². The molecule has 1 aliphatic heterocycles. The highest BCUT2D eigenvalue weighted by atomic mass is 32.2. The highest BCUT2D eigenvalue weighted by molar-refractivity contribution is 8.06. The summed E-state index contributed by atoms with van der Waals surface area (Å²) in [5.41, 5.74) is 2.80. The number of hydrogen-bond acceptors (Lipinski definition) is 2. The van der Waals surface area contributed by atoms with Crippen molar-refractivity contribution in [2.75, 3.05) is 12.9 Å². The molecule has 1 fully saturated rings. The van der Waals surface area contributed by atoms with Gasteiger partial charge in [-0.15, -0.1) is 0 Å². The fraction of sp³-hybridized carbons (Fsp3) is 0.400. The van der Waals surface area contributed by atoms with Gasteiger partial charge in [0.1, 0.15) is 0 Å². The molecule has 2 heteroatoms. The first-order valence-electron chi connectivity index (χ1n) is 4.10. The van der Waals surface area contributed by atoms with Crippen LogP contribution < -0.4 is 0 Å². The van der Waals surface area contributed by atoms with E-state index < -0.39 is 0 Å². The van der Waals surface area contributed by atoms with E-state index in [1.54, 1.807) is 7.11 Å². The van der Waals surface area contributed by atoms with Gasteiger partial charge in [-0.25, -0.2) is 0 Å². The molecule has 1 atom stereocenters. The van der Waals surface area contributed by atoms with E-state index in [9.17, 15) is 0 Å². The van der Waals surface area contributed by atoms with E-state index in [-0.39, 0.29) is 0 Å². The number of ether oxygens (including phenoxy) is 1. The van der Waals surface area contributed by atoms with Gasteiger partial charge in [0.15, 0.2) is 0 Å². The molecule has 1 unspecified atom stereocenters. The Bertz CT molecular complexity index is 268. The first kappa shape index (κ1) is 8.14. The van der Waals surface area contributed by atoms with Crippen molar-refractivity contribution >= 4 is 11.8 Å². The summed E-state index contributed by atoms with van der Waals surface area (Å²) in [6.45, 7) is 0.743. The summed E-state index contributed by atoms with van der Waals surface area (Å²) in [6, 6.07) is 8.54. The molecule has 64 valence electrons. The molecule has 1 heterocycles. The van der Waals surface area contributed by atoms with Crippen molar-refractivity contribution in [3.63, 3.8) is 0 Å². The number of thioether (sulfide) groups is 1. The van der Waals surface area contributed by atoms with Gasteiger partial charge < -0.3 is 4.74 Å². The summed E-state index contributed by atoms with van der Waals surface area (Å²) in [5, 5.41) is 0.747. The predicted molar refractivity (Wildman–Crippen MR) is 52.4 cm³/mol. The summed E-state index contributed by atoms with van der Waals surface area (Å²) < 4.78 is 5.14. The molecule has 1 aromatic rings. The zero-order valence-corrected chi connectivity index (χ0v) is 7.93. The summed E-state index contributed by atoms with van der Waals surface area (Å²) in [4.78, 5) is 0. The average molecular weight is 180 g/mol. The lowest BCUT2D eigenvalue weighted by molar-refractivity contribution is 0.184. The topological polar surface area (TPSA) is 9.23 Å². The molecule has 1 aromatic carbocycles. The summed E-state index contributed by atoms with van der Waals surface area (Å²) in [6.07, 6.45) is 0. The third kappa shape index (κ3) is 1.65. The van der Waals surface area contributed by atoms with Gasteiger partial charge in [0.2, 0.25) is 0 Å². The minimum atomic E-state index is 0.743. The Labute approximate surface area is 77.1 Å². The van der Waals surface area contributed by atoms with Crippen molar-refractivity contribution < 1.29 is 4.74 Å². The zero-order valence-electron chi connectivity index (χ0n) is 7.12. The lowest BCUT2D eigenvalue weighted by Gasteiger charge is -2.05. The summed E-state index contributed by atoms with van der Waals surface area (Å²) >= 11 is 2.01. The van der Waals surface area contributed by atoms with E-state index in [0.29, 0.717) is 0 Å². The fourth-order valence-corrected chi connectivity index (χ4v) is 2.05. The molecule has 0 amide bonds. The minimum Gasteiger partial charge on any atom is -0.380 e. The van der Waals surface area contributed by atoms with E-state index in [1.807, 2.05) is 11.8 Å². The zero-order chi connectivity index (χ0) is 8.39. The van der Waals surface area contributed by atoms with Crippen LogP contribution >= 0.6 is 11.8 Å². The molecular weight excluding hydrogens is 168 g/mol. The Balaban J connectivity index is 2.24. The molecule has 1 saturated heterocycles. The third-order valence-electron chi connectivity index (χ3n) is 2.04. The highest BCUT2D eigenvalue weighted by Crippen LogP contribution is 2.47. The van der Waals surface area contributed by atoms with Crippen molar-refractivity contribution in [1.29, 1.82) is 0 Å². The van der Waals surface area contributed by atoms with Crippen LogP contribution in [0.3, 0.4) is 0 Å². The van der Waals surface area contributed by atoms with Crippen LogP contribution in [0.25, 0.3) is 0 Å². The third-order valence-corrected chi connectivity index (χ3v) is 2.96. The Kier molecular flexibility index (Phi) is 2.38. The van der Waals surface area contributed by atoms with Gasteiger partial charge in [0.05, 0.1) is 6.61 Å². The maximum atomic E-state index is 5.14. The van der Waals surface area contributed by atoms with E-state index in [4.69, 9.17) is 4.74 Å². The molecule has 0 N–H and O–H groups in total. The van der Waals surface area contributed by atoms with Crippen molar-refractivity contribution in [3.8, 4) is 0 Å². The molecule has 0 spiro atoms. The predicted octanol–water partition coefficient (Wildman–Crippen LogP) is 2.62.